The standard InChI is InChI=1S/C128H144B3N5O4S2/c1-117(2,3)69-47-78-79-48-70(118(4,5)6)54-85(124(22,23)24)112(79)132(111(78)84(53-69)123(19,20)21)75-59-98-108-104(61-75)137-100-45-41-39-43-90(100)129(108)92-65-95-103(67-96(92)135(98)141-37)139-105-62-76(133-113-80(49-71(119(7,8)9)55-86(113)125(25,26)27)81-50-72(120(10,11)12)56-87(114(81)133)126(28,29)30)60-99-109(105)131(95)93-66-94-102(68-97(93)136(99)142-38)140-107-64-77(63-106-110(107)130(94)91-44-40-42-46-101(91)138-106)134-115-82(51-73(121(13,14)15)57-88(115)127(31,32)33)83-52-74(122(16,17)18)58-89(116(83)134)128(34,35)36/h39-68H,1-38H3. The van der Waals surface area contributed by atoms with E-state index in [-0.39, 0.29) is 85.1 Å². The molecule has 0 spiro atoms. The number of hydrogen-bond donors (Lipinski definition) is 0. The number of fused-ring (bicyclic) bond motifs is 21. The van der Waals surface area contributed by atoms with Crippen molar-refractivity contribution in [2.24, 2.45) is 0 Å². The van der Waals surface area contributed by atoms with E-state index in [1.807, 2.05) is 0 Å². The van der Waals surface area contributed by atoms with Crippen molar-refractivity contribution in [3.8, 4) is 63.1 Å². The molecule has 9 heterocycles. The largest absolute Gasteiger partial charge is 0.458 e. The summed E-state index contributed by atoms with van der Waals surface area (Å²) in [4.78, 5) is 0. The van der Waals surface area contributed by atoms with E-state index in [1.165, 1.54) is 143 Å². The number of nitrogens with zero attached hydrogens (tertiary/aromatic N) is 5. The van der Waals surface area contributed by atoms with Crippen LogP contribution in [-0.2, 0) is 65.0 Å². The molecule has 0 unspecified atom stereocenters. The fraction of sp³-hybridized carbons (Fsp3) is 0.391. The second-order valence-electron chi connectivity index (χ2n) is 54.8. The van der Waals surface area contributed by atoms with E-state index >= 15 is 0 Å². The molecule has 0 saturated heterocycles. The fourth-order valence-electron chi connectivity index (χ4n) is 24.2. The summed E-state index contributed by atoms with van der Waals surface area (Å²) in [6, 6.07) is 72.7. The lowest BCUT2D eigenvalue weighted by Gasteiger charge is -2.43. The lowest BCUT2D eigenvalue weighted by molar-refractivity contribution is 0.464. The molecule has 726 valence electrons. The minimum absolute atomic E-state index is 0.121. The highest BCUT2D eigenvalue weighted by molar-refractivity contribution is 8.00. The smallest absolute Gasteiger partial charge is 0.260 e. The summed E-state index contributed by atoms with van der Waals surface area (Å²) in [6.45, 7) is 85.0. The first kappa shape index (κ1) is 95.8. The van der Waals surface area contributed by atoms with E-state index in [0.29, 0.717) is 0 Å². The third-order valence-corrected chi connectivity index (χ3v) is 33.5. The molecule has 16 aromatic rings. The van der Waals surface area contributed by atoms with Crippen molar-refractivity contribution in [2.75, 3.05) is 21.1 Å². The van der Waals surface area contributed by atoms with Crippen LogP contribution in [0.3, 0.4) is 0 Å². The maximum atomic E-state index is 8.28. The third kappa shape index (κ3) is 14.7. The van der Waals surface area contributed by atoms with E-state index in [4.69, 9.17) is 18.9 Å². The predicted octanol–water partition coefficient (Wildman–Crippen LogP) is 30.0. The average Bonchev–Trinajstić information content (AvgIpc) is 0.937. The lowest BCUT2D eigenvalue weighted by Crippen LogP contribution is -2.64. The monoisotopic (exact) mass is 1910 g/mol. The van der Waals surface area contributed by atoms with Crippen LogP contribution >= 0.6 is 23.9 Å². The first-order chi connectivity index (χ1) is 65.9. The van der Waals surface area contributed by atoms with Crippen LogP contribution in [0, 0.1) is 0 Å². The number of benzene rings is 13. The highest BCUT2D eigenvalue weighted by atomic mass is 32.2. The van der Waals surface area contributed by atoms with Crippen LogP contribution in [0.1, 0.15) is 316 Å². The molecule has 6 aliphatic heterocycles. The van der Waals surface area contributed by atoms with Crippen molar-refractivity contribution in [1.29, 1.82) is 0 Å². The van der Waals surface area contributed by atoms with Gasteiger partial charge in [-0.1, -0.05) is 334 Å². The maximum Gasteiger partial charge on any atom is 0.260 e. The summed E-state index contributed by atoms with van der Waals surface area (Å²) in [5, 5.41) is 7.60. The minimum atomic E-state index is -0.364. The van der Waals surface area contributed by atoms with Crippen molar-refractivity contribution in [1.82, 2.24) is 13.7 Å². The Bertz CT molecular complexity index is 7940. The molecular formula is C128H144B3N5O4S2. The van der Waals surface area contributed by atoms with Gasteiger partial charge in [-0.15, -0.1) is 0 Å². The molecule has 0 fully saturated rings. The topological polar surface area (TPSA) is 58.2 Å². The summed E-state index contributed by atoms with van der Waals surface area (Å²) >= 11 is 3.50. The van der Waals surface area contributed by atoms with Gasteiger partial charge in [-0.25, -0.2) is 0 Å². The Labute approximate surface area is 854 Å². The second-order valence-corrected chi connectivity index (χ2v) is 56.2. The van der Waals surface area contributed by atoms with Crippen molar-refractivity contribution in [3.05, 3.63) is 249 Å². The zero-order valence-electron chi connectivity index (χ0n) is 91.7. The van der Waals surface area contributed by atoms with Gasteiger partial charge in [-0.05, 0) is 260 Å². The number of rotatable bonds is 5. The molecule has 6 aliphatic rings. The van der Waals surface area contributed by atoms with E-state index < -0.39 is 0 Å². The van der Waals surface area contributed by atoms with Crippen LogP contribution in [0.5, 0.6) is 46.0 Å². The summed E-state index contributed by atoms with van der Waals surface area (Å²) in [6.07, 6.45) is 4.51. The van der Waals surface area contributed by atoms with Crippen LogP contribution in [0.4, 0.5) is 22.7 Å². The Morgan fingerprint density at radius 3 is 0.655 bits per heavy atom. The quantitative estimate of drug-likeness (QED) is 0.125. The van der Waals surface area contributed by atoms with Gasteiger partial charge < -0.3 is 32.6 Å². The average molecular weight is 1910 g/mol. The zero-order chi connectivity index (χ0) is 102. The van der Waals surface area contributed by atoms with Crippen LogP contribution < -0.4 is 76.7 Å². The Morgan fingerprint density at radius 2 is 0.415 bits per heavy atom. The van der Waals surface area contributed by atoms with Gasteiger partial charge in [-0.2, -0.15) is 0 Å². The van der Waals surface area contributed by atoms with Gasteiger partial charge in [0.15, 0.2) is 0 Å². The Kier molecular flexibility index (Phi) is 20.8. The molecule has 0 saturated carbocycles. The van der Waals surface area contributed by atoms with E-state index in [2.05, 4.69) is 466 Å². The molecule has 0 amide bonds. The SMILES string of the molecule is CSN1c2cc3c(cc2B2c4cc5c(cc4Oc4cc(-n6c7c(C(C)(C)C)cc(C(C)(C)C)cc7c7cc(C(C)(C)C)cc(C(C)(C)C)c76)cc1c42)N(SC)c1cc(-n2c4c(C(C)(C)C)cc(C(C)(C)C)cc4c4cc(C(C)(C)C)cc(C(C)(C)C)c42)cc2c1B5c1ccccc1O2)B1c2ccccc2Oc2cc(-n4c5c(C(C)(C)C)cc(C(C)(C)C)cc5c5cc(C(C)(C)C)cc(C(C)(C)C)c54)cc(c21)O3. The Balaban J connectivity index is 0.829. The molecule has 14 heteroatoms. The van der Waals surface area contributed by atoms with Crippen molar-refractivity contribution in [2.45, 2.75) is 314 Å². The van der Waals surface area contributed by atoms with E-state index in [9.17, 15) is 0 Å². The van der Waals surface area contributed by atoms with E-state index in [1.54, 1.807) is 23.9 Å². The van der Waals surface area contributed by atoms with E-state index in [0.717, 1.165) is 124 Å². The number of aromatic nitrogens is 3. The molecule has 0 atom stereocenters. The predicted molar refractivity (Wildman–Crippen MR) is 618 cm³/mol. The number of para-hydroxylation sites is 2. The molecule has 142 heavy (non-hydrogen) atoms. The number of anilines is 4. The third-order valence-electron chi connectivity index (χ3n) is 32.0. The first-order valence-corrected chi connectivity index (χ1v) is 54.3. The lowest BCUT2D eigenvalue weighted by atomic mass is 9.30. The number of hydrogen-bond acceptors (Lipinski definition) is 8. The molecule has 13 aromatic carbocycles. The van der Waals surface area contributed by atoms with Gasteiger partial charge in [0.05, 0.1) is 72.9 Å². The zero-order valence-corrected chi connectivity index (χ0v) is 93.4. The van der Waals surface area contributed by atoms with Crippen molar-refractivity contribution in [3.63, 3.8) is 0 Å². The van der Waals surface area contributed by atoms with Gasteiger partial charge in [-0.3, -0.25) is 8.61 Å². The molecule has 9 nitrogen and oxygen atoms in total. The van der Waals surface area contributed by atoms with Gasteiger partial charge in [0.1, 0.15) is 46.0 Å². The normalized spacial score (nSPS) is 14.9. The minimum Gasteiger partial charge on any atom is -0.458 e. The summed E-state index contributed by atoms with van der Waals surface area (Å²) in [5.74, 6) is 6.59. The van der Waals surface area contributed by atoms with Crippen LogP contribution in [0.2, 0.25) is 0 Å². The Hall–Kier alpha value is -11.0. The molecule has 3 aromatic heterocycles. The van der Waals surface area contributed by atoms with Gasteiger partial charge >= 0.3 is 0 Å². The number of ether oxygens (including phenoxy) is 4. The van der Waals surface area contributed by atoms with Crippen molar-refractivity contribution < 1.29 is 18.9 Å². The molecule has 0 aliphatic carbocycles. The van der Waals surface area contributed by atoms with Crippen molar-refractivity contribution >= 4 is 181 Å². The molecular weight excluding hydrogens is 1770 g/mol. The molecule has 22 rings (SSSR count). The summed E-state index contributed by atoms with van der Waals surface area (Å²) < 4.78 is 44.6. The second kappa shape index (κ2) is 30.8. The highest BCUT2D eigenvalue weighted by Crippen LogP contribution is 2.56. The van der Waals surface area contributed by atoms with Crippen LogP contribution in [0.15, 0.2) is 182 Å². The summed E-state index contributed by atoms with van der Waals surface area (Å²) in [7, 11) is 0. The van der Waals surface area contributed by atoms with Crippen LogP contribution in [-0.4, -0.2) is 46.4 Å². The molecule has 0 bridgehead atoms. The maximum absolute atomic E-state index is 8.28. The molecule has 0 N–H and O–H groups in total. The summed E-state index contributed by atoms with van der Waals surface area (Å²) in [5.41, 5.74) is 38.3. The Morgan fingerprint density at radius 1 is 0.197 bits per heavy atom. The van der Waals surface area contributed by atoms with Crippen LogP contribution in [0.25, 0.3) is 82.5 Å². The van der Waals surface area contributed by atoms with Gasteiger partial charge in [0, 0.05) is 86.7 Å². The van der Waals surface area contributed by atoms with Gasteiger partial charge in [0.25, 0.3) is 20.1 Å². The first-order valence-electron chi connectivity index (χ1n) is 51.9. The fourth-order valence-corrected chi connectivity index (χ4v) is 25.6. The van der Waals surface area contributed by atoms with Gasteiger partial charge in [0.2, 0.25) is 0 Å². The molecule has 0 radical (unpaired) electrons. The highest BCUT2D eigenvalue weighted by Gasteiger charge is 2.52.